The van der Waals surface area contributed by atoms with E-state index in [-0.39, 0.29) is 70.6 Å². The SMILES string of the molecule is CCCCCCCC(=O)N[C@@H](CCN)C(=O)N[C@H](C(=O)NC(CO)C(=O)N[C@H]1CCNC(=O)[C@H]([C@@H](C)O)NC(=O)[C@H](CCN)NC(=O)[C@H](CCN)NC(=O)[C@H]([C@@H](C)O)NC(=O)[C@@H](CC(C)C)NC(=O)[C@H](CCN)NC1=O)[C@@H](C)O. The Balaban J connectivity index is 3.76. The van der Waals surface area contributed by atoms with Crippen molar-refractivity contribution in [1.82, 2.24) is 58.5 Å². The molecule has 1 unspecified atom stereocenters. The summed E-state index contributed by atoms with van der Waals surface area (Å²) < 4.78 is 0. The molecule has 1 fully saturated rings. The van der Waals surface area contributed by atoms with Gasteiger partial charge in [-0.15, -0.1) is 0 Å². The molecule has 1 saturated heterocycles. The van der Waals surface area contributed by atoms with Crippen LogP contribution in [-0.2, 0) is 52.7 Å². The number of hydrogen-bond donors (Lipinski definition) is 19. The number of carbonyl (C=O) groups is 11. The molecule has 0 saturated carbocycles. The number of amides is 11. The van der Waals surface area contributed by atoms with Crippen LogP contribution in [0, 0.1) is 5.92 Å². The molecule has 0 aromatic heterocycles. The molecule has 452 valence electrons. The Morgan fingerprint density at radius 2 is 1.04 bits per heavy atom. The highest BCUT2D eigenvalue weighted by Crippen LogP contribution is 2.11. The summed E-state index contributed by atoms with van der Waals surface area (Å²) in [6.07, 6.45) is -1.70. The lowest BCUT2D eigenvalue weighted by atomic mass is 10.0. The first-order valence-electron chi connectivity index (χ1n) is 27.1. The lowest BCUT2D eigenvalue weighted by Crippen LogP contribution is -2.62. The van der Waals surface area contributed by atoms with E-state index < -0.39 is 163 Å². The zero-order chi connectivity index (χ0) is 59.9. The third-order valence-corrected chi connectivity index (χ3v) is 12.6. The molecular weight excluding hydrogens is 1040 g/mol. The molecule has 0 bridgehead atoms. The maximum absolute atomic E-state index is 14.2. The fourth-order valence-corrected chi connectivity index (χ4v) is 8.10. The Hall–Kier alpha value is -6.15. The van der Waals surface area contributed by atoms with Crippen molar-refractivity contribution in [2.75, 3.05) is 39.3 Å². The van der Waals surface area contributed by atoms with Gasteiger partial charge in [0.05, 0.1) is 24.9 Å². The standard InChI is InChI=1S/C49H91N15O15/c1-7-8-9-10-11-12-36(69)55-29(13-18-50)43(73)63-39(28(6)68)49(79)61-35(24-65)46(76)58-33-17-22-54-47(77)37(26(4)66)62-44(74)32(16-21-53)57-40(70)31(15-20-52)59-48(78)38(27(5)67)64-45(75)34(23-25(2)3)60-41(71)30(14-19-51)56-42(33)72/h25-35,37-39,65-68H,7-24,50-53H2,1-6H3,(H,54,77)(H,55,69)(H,56,72)(H,57,70)(H,58,76)(H,59,78)(H,60,71)(H,61,79)(H,62,74)(H,63,73)(H,64,75)/t26-,27-,28-,29+,30+,31+,32+,33+,34-,35?,37+,38+,39+/m1/s1. The first kappa shape index (κ1) is 70.9. The summed E-state index contributed by atoms with van der Waals surface area (Å²) in [6, 6.07) is -16.0. The summed E-state index contributed by atoms with van der Waals surface area (Å²) in [6.45, 7) is 6.69. The summed E-state index contributed by atoms with van der Waals surface area (Å²) >= 11 is 0. The van der Waals surface area contributed by atoms with Crippen LogP contribution in [0.4, 0.5) is 0 Å². The largest absolute Gasteiger partial charge is 0.394 e. The molecule has 79 heavy (non-hydrogen) atoms. The second-order valence-electron chi connectivity index (χ2n) is 20.0. The van der Waals surface area contributed by atoms with E-state index in [4.69, 9.17) is 22.9 Å². The summed E-state index contributed by atoms with van der Waals surface area (Å²) in [4.78, 5) is 151. The lowest BCUT2D eigenvalue weighted by Gasteiger charge is -2.29. The lowest BCUT2D eigenvalue weighted by molar-refractivity contribution is -0.137. The van der Waals surface area contributed by atoms with Gasteiger partial charge in [-0.1, -0.05) is 46.5 Å². The fourth-order valence-electron chi connectivity index (χ4n) is 8.10. The van der Waals surface area contributed by atoms with E-state index in [0.29, 0.717) is 6.42 Å². The number of carbonyl (C=O) groups excluding carboxylic acids is 11. The molecule has 0 aromatic carbocycles. The summed E-state index contributed by atoms with van der Waals surface area (Å²) in [5, 5.41) is 68.9. The topological polar surface area (TPSA) is 505 Å². The number of nitrogens with one attached hydrogen (secondary N) is 11. The van der Waals surface area contributed by atoms with Crippen LogP contribution in [0.1, 0.15) is 119 Å². The summed E-state index contributed by atoms with van der Waals surface area (Å²) in [5.74, 6) is -11.1. The maximum Gasteiger partial charge on any atom is 0.245 e. The monoisotopic (exact) mass is 1130 g/mol. The molecule has 23 N–H and O–H groups in total. The average molecular weight is 1130 g/mol. The van der Waals surface area contributed by atoms with Crippen LogP contribution in [0.15, 0.2) is 0 Å². The minimum Gasteiger partial charge on any atom is -0.394 e. The van der Waals surface area contributed by atoms with Crippen LogP contribution in [0.5, 0.6) is 0 Å². The van der Waals surface area contributed by atoms with Crippen LogP contribution in [0.3, 0.4) is 0 Å². The maximum atomic E-state index is 14.2. The van der Waals surface area contributed by atoms with E-state index in [1.54, 1.807) is 13.8 Å². The molecular formula is C49H91N15O15. The van der Waals surface area contributed by atoms with Gasteiger partial charge >= 0.3 is 0 Å². The van der Waals surface area contributed by atoms with Crippen molar-refractivity contribution in [2.24, 2.45) is 28.9 Å². The molecule has 11 amide bonds. The Bertz CT molecular complexity index is 2000. The van der Waals surface area contributed by atoms with Gasteiger partial charge in [0.25, 0.3) is 0 Å². The van der Waals surface area contributed by atoms with E-state index >= 15 is 0 Å². The number of hydrogen-bond acceptors (Lipinski definition) is 19. The third-order valence-electron chi connectivity index (χ3n) is 12.6. The van der Waals surface area contributed by atoms with E-state index in [0.717, 1.165) is 39.5 Å². The Morgan fingerprint density at radius 3 is 1.52 bits per heavy atom. The number of rotatable bonds is 27. The van der Waals surface area contributed by atoms with Gasteiger partial charge in [0.15, 0.2) is 0 Å². The molecule has 13 atom stereocenters. The van der Waals surface area contributed by atoms with Crippen molar-refractivity contribution in [3.63, 3.8) is 0 Å². The van der Waals surface area contributed by atoms with Crippen LogP contribution in [0.25, 0.3) is 0 Å². The quantitative estimate of drug-likeness (QED) is 0.0340. The summed E-state index contributed by atoms with van der Waals surface area (Å²) in [5.41, 5.74) is 23.1. The first-order chi connectivity index (χ1) is 37.3. The van der Waals surface area contributed by atoms with Crippen LogP contribution >= 0.6 is 0 Å². The predicted octanol–water partition coefficient (Wildman–Crippen LogP) is -7.71. The van der Waals surface area contributed by atoms with Gasteiger partial charge in [-0.25, -0.2) is 0 Å². The average Bonchev–Trinajstić information content (AvgIpc) is 3.37. The first-order valence-corrected chi connectivity index (χ1v) is 27.1. The van der Waals surface area contributed by atoms with Gasteiger partial charge < -0.3 is 102 Å². The molecule has 30 heteroatoms. The van der Waals surface area contributed by atoms with Crippen molar-refractivity contribution in [3.8, 4) is 0 Å². The Kier molecular flexibility index (Phi) is 33.8. The second-order valence-corrected chi connectivity index (χ2v) is 20.0. The molecule has 0 aliphatic carbocycles. The normalized spacial score (nSPS) is 23.8. The van der Waals surface area contributed by atoms with Crippen molar-refractivity contribution < 1.29 is 73.2 Å². The number of nitrogens with two attached hydrogens (primary N) is 4. The predicted molar refractivity (Wildman–Crippen MR) is 287 cm³/mol. The van der Waals surface area contributed by atoms with Gasteiger partial charge in [0.1, 0.15) is 60.4 Å². The van der Waals surface area contributed by atoms with Crippen LogP contribution in [0.2, 0.25) is 0 Å². The fraction of sp³-hybridized carbons (Fsp3) is 0.776. The summed E-state index contributed by atoms with van der Waals surface area (Å²) in [7, 11) is 0. The second kappa shape index (κ2) is 37.7. The Morgan fingerprint density at radius 1 is 0.557 bits per heavy atom. The highest BCUT2D eigenvalue weighted by atomic mass is 16.3. The molecule has 0 radical (unpaired) electrons. The van der Waals surface area contributed by atoms with Crippen molar-refractivity contribution in [3.05, 3.63) is 0 Å². The molecule has 1 aliphatic rings. The number of unbranched alkanes of at least 4 members (excludes halogenated alkanes) is 4. The molecule has 1 aliphatic heterocycles. The van der Waals surface area contributed by atoms with Gasteiger partial charge in [-0.3, -0.25) is 52.7 Å². The number of aliphatic hydroxyl groups excluding tert-OH is 4. The smallest absolute Gasteiger partial charge is 0.245 e. The van der Waals surface area contributed by atoms with Gasteiger partial charge in [0, 0.05) is 13.0 Å². The highest BCUT2D eigenvalue weighted by Gasteiger charge is 2.38. The zero-order valence-electron chi connectivity index (χ0n) is 46.4. The Labute approximate surface area is 461 Å². The highest BCUT2D eigenvalue weighted by molar-refractivity contribution is 5.99. The van der Waals surface area contributed by atoms with Crippen LogP contribution < -0.4 is 81.4 Å². The zero-order valence-corrected chi connectivity index (χ0v) is 46.4. The minimum absolute atomic E-state index is 0.0429. The van der Waals surface area contributed by atoms with Crippen LogP contribution in [-0.4, -0.2) is 203 Å². The molecule has 0 spiro atoms. The van der Waals surface area contributed by atoms with Gasteiger partial charge in [-0.05, 0) is 97.8 Å². The van der Waals surface area contributed by atoms with Gasteiger partial charge in [-0.2, -0.15) is 0 Å². The van der Waals surface area contributed by atoms with E-state index in [2.05, 4.69) is 58.5 Å². The third kappa shape index (κ3) is 25.7. The molecule has 30 nitrogen and oxygen atoms in total. The van der Waals surface area contributed by atoms with E-state index in [1.165, 1.54) is 6.92 Å². The number of aliphatic hydroxyl groups is 4. The van der Waals surface area contributed by atoms with Crippen molar-refractivity contribution in [2.45, 2.75) is 197 Å². The van der Waals surface area contributed by atoms with E-state index in [9.17, 15) is 73.2 Å². The van der Waals surface area contributed by atoms with E-state index in [1.807, 2.05) is 6.92 Å². The van der Waals surface area contributed by atoms with Gasteiger partial charge in [0.2, 0.25) is 65.0 Å². The van der Waals surface area contributed by atoms with Crippen molar-refractivity contribution >= 4 is 65.0 Å². The molecule has 1 heterocycles. The molecule has 1 rings (SSSR count). The molecule has 0 aromatic rings. The minimum atomic E-state index is -1.90. The van der Waals surface area contributed by atoms with Crippen molar-refractivity contribution in [1.29, 1.82) is 0 Å².